The van der Waals surface area contributed by atoms with Crippen LogP contribution in [0.25, 0.3) is 32.6 Å². The Hall–Kier alpha value is -3.63. The van der Waals surface area contributed by atoms with Gasteiger partial charge in [-0.25, -0.2) is 24.1 Å². The molecule has 5 rings (SSSR count). The van der Waals surface area contributed by atoms with Crippen LogP contribution in [0.2, 0.25) is 0 Å². The number of piperazine rings is 1. The fourth-order valence-corrected chi connectivity index (χ4v) is 5.22. The standard InChI is InChI=1S/C25H25FN8O3S.Li/c1-2-27-24(37)32-25-31-21-20(26)16(11-17(22(21)38-25)18-5-3-4-6-28-18)15-12-29-23(30-13-15)34-9-7-33(8-10-34)14-19(35)36;/h3-6,11-13H,2,7-10,14H2,1H3,(H,35,36)(H2,27,31,32,37);/q;+1/p-1. The van der Waals surface area contributed by atoms with Gasteiger partial charge in [0.1, 0.15) is 5.52 Å². The second-order valence-corrected chi connectivity index (χ2v) is 9.59. The van der Waals surface area contributed by atoms with E-state index >= 15 is 4.39 Å². The number of aromatic nitrogens is 4. The van der Waals surface area contributed by atoms with E-state index in [4.69, 9.17) is 0 Å². The first-order valence-electron chi connectivity index (χ1n) is 12.0. The number of fused-ring (bicyclic) bond motifs is 1. The number of carbonyl (C=O) groups is 2. The van der Waals surface area contributed by atoms with Gasteiger partial charge in [-0.1, -0.05) is 17.4 Å². The van der Waals surface area contributed by atoms with Crippen molar-refractivity contribution in [3.63, 3.8) is 0 Å². The third-order valence-corrected chi connectivity index (χ3v) is 7.06. The molecule has 2 N–H and O–H groups in total. The maximum absolute atomic E-state index is 15.8. The first-order chi connectivity index (χ1) is 18.4. The van der Waals surface area contributed by atoms with Gasteiger partial charge in [-0.3, -0.25) is 15.2 Å². The SMILES string of the molecule is CCNC(=O)Nc1nc2c(F)c(-c3cnc(N4CCN(CC(=O)[O-])CC4)nc3)cc(-c3ccccn3)c2s1.[Li+]. The second-order valence-electron chi connectivity index (χ2n) is 8.59. The smallest absolute Gasteiger partial charge is 0.549 e. The van der Waals surface area contributed by atoms with Crippen molar-refractivity contribution < 1.29 is 37.9 Å². The predicted octanol–water partition coefficient (Wildman–Crippen LogP) is -1.03. The third-order valence-electron chi connectivity index (χ3n) is 6.06. The molecule has 0 saturated carbocycles. The summed E-state index contributed by atoms with van der Waals surface area (Å²) < 4.78 is 16.4. The van der Waals surface area contributed by atoms with Crippen molar-refractivity contribution in [3.8, 4) is 22.4 Å². The van der Waals surface area contributed by atoms with Crippen LogP contribution < -0.4 is 39.5 Å². The zero-order chi connectivity index (χ0) is 26.6. The summed E-state index contributed by atoms with van der Waals surface area (Å²) in [4.78, 5) is 44.3. The maximum Gasteiger partial charge on any atom is 1.00 e. The minimum Gasteiger partial charge on any atom is -0.549 e. The monoisotopic (exact) mass is 542 g/mol. The van der Waals surface area contributed by atoms with Gasteiger partial charge in [0.15, 0.2) is 10.9 Å². The summed E-state index contributed by atoms with van der Waals surface area (Å²) in [6, 6.07) is 6.75. The Morgan fingerprint density at radius 1 is 1.10 bits per heavy atom. The quantitative estimate of drug-likeness (QED) is 0.281. The van der Waals surface area contributed by atoms with Gasteiger partial charge >= 0.3 is 24.9 Å². The van der Waals surface area contributed by atoms with Crippen LogP contribution in [0.15, 0.2) is 42.9 Å². The Morgan fingerprint density at radius 3 is 2.49 bits per heavy atom. The molecule has 14 heteroatoms. The van der Waals surface area contributed by atoms with E-state index in [1.165, 1.54) is 11.3 Å². The molecule has 0 aliphatic carbocycles. The number of carboxylic acids is 1. The Kier molecular flexibility index (Phi) is 9.08. The fraction of sp³-hybridized carbons (Fsp3) is 0.280. The maximum atomic E-state index is 15.8. The summed E-state index contributed by atoms with van der Waals surface area (Å²) in [6.07, 6.45) is 4.77. The van der Waals surface area contributed by atoms with E-state index in [0.29, 0.717) is 60.2 Å². The van der Waals surface area contributed by atoms with Crippen molar-refractivity contribution in [2.75, 3.05) is 49.5 Å². The number of thiazole rings is 1. The molecule has 1 saturated heterocycles. The summed E-state index contributed by atoms with van der Waals surface area (Å²) in [7, 11) is 0. The minimum atomic E-state index is -1.10. The number of nitrogens with zero attached hydrogens (tertiary/aromatic N) is 6. The number of pyridine rings is 1. The van der Waals surface area contributed by atoms with Crippen molar-refractivity contribution in [2.24, 2.45) is 0 Å². The summed E-state index contributed by atoms with van der Waals surface area (Å²) in [5.74, 6) is -1.17. The van der Waals surface area contributed by atoms with E-state index in [0.717, 1.165) is 0 Å². The van der Waals surface area contributed by atoms with E-state index in [1.807, 2.05) is 17.0 Å². The van der Waals surface area contributed by atoms with Gasteiger partial charge in [-0.2, -0.15) is 0 Å². The average molecular weight is 543 g/mol. The van der Waals surface area contributed by atoms with Crippen LogP contribution in [0.3, 0.4) is 0 Å². The Bertz CT molecular complexity index is 1460. The molecule has 11 nitrogen and oxygen atoms in total. The fourth-order valence-electron chi connectivity index (χ4n) is 4.24. The number of rotatable bonds is 7. The topological polar surface area (TPSA) is 139 Å². The van der Waals surface area contributed by atoms with Gasteiger partial charge < -0.3 is 20.1 Å². The number of carboxylic acid groups (broad SMARTS) is 1. The number of urea groups is 1. The number of nitrogens with one attached hydrogen (secondary N) is 2. The average Bonchev–Trinajstić information content (AvgIpc) is 3.34. The number of benzene rings is 1. The largest absolute Gasteiger partial charge is 1.00 e. The molecule has 196 valence electrons. The van der Waals surface area contributed by atoms with E-state index in [2.05, 4.69) is 30.6 Å². The van der Waals surface area contributed by atoms with Crippen LogP contribution in [0.1, 0.15) is 6.92 Å². The molecular formula is C25H24FLiN8O3S. The number of hydrogen-bond acceptors (Lipinski definition) is 10. The summed E-state index contributed by atoms with van der Waals surface area (Å²) in [6.45, 7) is 4.37. The molecule has 0 radical (unpaired) electrons. The summed E-state index contributed by atoms with van der Waals surface area (Å²) >= 11 is 1.17. The van der Waals surface area contributed by atoms with Crippen molar-refractivity contribution in [3.05, 3.63) is 48.7 Å². The molecule has 0 spiro atoms. The van der Waals surface area contributed by atoms with Crippen LogP contribution in [-0.2, 0) is 4.79 Å². The molecule has 3 aromatic heterocycles. The molecule has 4 heterocycles. The zero-order valence-corrected chi connectivity index (χ0v) is 22.3. The molecule has 0 bridgehead atoms. The van der Waals surface area contributed by atoms with Crippen molar-refractivity contribution in [1.29, 1.82) is 0 Å². The van der Waals surface area contributed by atoms with E-state index in [1.54, 1.807) is 42.5 Å². The van der Waals surface area contributed by atoms with Gasteiger partial charge in [0.2, 0.25) is 5.95 Å². The number of amides is 2. The van der Waals surface area contributed by atoms with Crippen LogP contribution >= 0.6 is 11.3 Å². The van der Waals surface area contributed by atoms with Crippen LogP contribution in [0.5, 0.6) is 0 Å². The molecule has 2 amide bonds. The molecule has 1 aliphatic rings. The summed E-state index contributed by atoms with van der Waals surface area (Å²) in [5, 5.41) is 16.4. The van der Waals surface area contributed by atoms with Gasteiger partial charge in [-0.15, -0.1) is 0 Å². The van der Waals surface area contributed by atoms with Crippen molar-refractivity contribution in [2.45, 2.75) is 6.92 Å². The van der Waals surface area contributed by atoms with Crippen LogP contribution in [0.4, 0.5) is 20.3 Å². The number of carbonyl (C=O) groups excluding carboxylic acids is 2. The van der Waals surface area contributed by atoms with E-state index < -0.39 is 17.8 Å². The van der Waals surface area contributed by atoms with E-state index in [-0.39, 0.29) is 41.6 Å². The second kappa shape index (κ2) is 12.5. The van der Waals surface area contributed by atoms with E-state index in [9.17, 15) is 14.7 Å². The first-order valence-corrected chi connectivity index (χ1v) is 12.8. The predicted molar refractivity (Wildman–Crippen MR) is 140 cm³/mol. The first kappa shape index (κ1) is 28.4. The molecular weight excluding hydrogens is 518 g/mol. The van der Waals surface area contributed by atoms with Crippen molar-refractivity contribution >= 4 is 44.6 Å². The van der Waals surface area contributed by atoms with Gasteiger partial charge in [-0.05, 0) is 25.1 Å². The molecule has 39 heavy (non-hydrogen) atoms. The van der Waals surface area contributed by atoms with Crippen LogP contribution in [0, 0.1) is 5.82 Å². The molecule has 0 atom stereocenters. The molecule has 1 aliphatic heterocycles. The molecule has 1 aromatic carbocycles. The Labute approximate surface area is 239 Å². The zero-order valence-electron chi connectivity index (χ0n) is 21.5. The Morgan fingerprint density at radius 2 is 1.85 bits per heavy atom. The minimum absolute atomic E-state index is 0. The van der Waals surface area contributed by atoms with Gasteiger partial charge in [0.25, 0.3) is 0 Å². The number of halogens is 1. The number of aliphatic carboxylic acids is 1. The Balaban J connectivity index is 0.00000353. The third kappa shape index (κ3) is 6.34. The number of hydrogen-bond donors (Lipinski definition) is 2. The molecule has 4 aromatic rings. The molecule has 1 fully saturated rings. The van der Waals surface area contributed by atoms with Crippen LogP contribution in [-0.4, -0.2) is 76.1 Å². The normalized spacial score (nSPS) is 13.6. The summed E-state index contributed by atoms with van der Waals surface area (Å²) in [5.41, 5.74) is 2.16. The number of anilines is 2. The van der Waals surface area contributed by atoms with Gasteiger partial charge in [0, 0.05) is 74.5 Å². The van der Waals surface area contributed by atoms with Crippen molar-refractivity contribution in [1.82, 2.24) is 30.2 Å². The molecule has 0 unspecified atom stereocenters. The van der Waals surface area contributed by atoms with Gasteiger partial charge in [0.05, 0.1) is 16.4 Å².